The van der Waals surface area contributed by atoms with Crippen molar-refractivity contribution in [1.29, 1.82) is 0 Å². The van der Waals surface area contributed by atoms with Crippen LogP contribution in [0.1, 0.15) is 113 Å². The lowest BCUT2D eigenvalue weighted by Crippen LogP contribution is -2.63. The van der Waals surface area contributed by atoms with Gasteiger partial charge in [-0.2, -0.15) is 0 Å². The van der Waals surface area contributed by atoms with Gasteiger partial charge in [-0.25, -0.2) is 0 Å². The van der Waals surface area contributed by atoms with Crippen molar-refractivity contribution in [3.05, 3.63) is 11.6 Å². The van der Waals surface area contributed by atoms with Crippen molar-refractivity contribution < 1.29 is 19.4 Å². The summed E-state index contributed by atoms with van der Waals surface area (Å²) in [6, 6.07) is 0. The highest BCUT2D eigenvalue weighted by Gasteiger charge is 2.68. The Morgan fingerprint density at radius 2 is 1.62 bits per heavy atom. The van der Waals surface area contributed by atoms with E-state index >= 15 is 0 Å². The van der Waals surface area contributed by atoms with E-state index in [0.29, 0.717) is 18.3 Å². The average Bonchev–Trinajstić information content (AvgIpc) is 2.80. The molecule has 0 aromatic heterocycles. The molecule has 190 valence electrons. The predicted molar refractivity (Wildman–Crippen MR) is 133 cm³/mol. The Morgan fingerprint density at radius 3 is 2.29 bits per heavy atom. The molecule has 4 aliphatic carbocycles. The largest absolute Gasteiger partial charge is 0.481 e. The van der Waals surface area contributed by atoms with Crippen LogP contribution >= 0.6 is 0 Å². The van der Waals surface area contributed by atoms with Crippen molar-refractivity contribution >= 4 is 11.9 Å². The minimum atomic E-state index is -0.588. The third-order valence-electron chi connectivity index (χ3n) is 12.4. The van der Waals surface area contributed by atoms with Crippen LogP contribution in [0.25, 0.3) is 0 Å². The summed E-state index contributed by atoms with van der Waals surface area (Å²) in [7, 11) is 0. The first-order chi connectivity index (χ1) is 15.6. The number of rotatable bonds is 1. The van der Waals surface area contributed by atoms with Gasteiger partial charge < -0.3 is 9.84 Å². The highest BCUT2D eigenvalue weighted by Crippen LogP contribution is 2.74. The van der Waals surface area contributed by atoms with Gasteiger partial charge >= 0.3 is 11.9 Å². The number of allylic oxidation sites excluding steroid dienone is 2. The monoisotopic (exact) mass is 470 g/mol. The zero-order chi connectivity index (χ0) is 24.9. The zero-order valence-corrected chi connectivity index (χ0v) is 22.6. The van der Waals surface area contributed by atoms with Crippen molar-refractivity contribution in [2.24, 2.45) is 44.8 Å². The molecule has 0 amide bonds. The summed E-state index contributed by atoms with van der Waals surface area (Å²) >= 11 is 0. The molecule has 5 aliphatic rings. The molecule has 3 saturated carbocycles. The summed E-state index contributed by atoms with van der Waals surface area (Å²) in [5.74, 6) is 0.369. The fraction of sp³-hybridized carbons (Fsp3) is 0.867. The van der Waals surface area contributed by atoms with Crippen LogP contribution in [0.5, 0.6) is 0 Å². The molecule has 0 bridgehead atoms. The topological polar surface area (TPSA) is 63.6 Å². The molecule has 5 rings (SSSR count). The normalized spacial score (nSPS) is 49.2. The molecule has 0 aromatic carbocycles. The number of carboxylic acids is 1. The highest BCUT2D eigenvalue weighted by atomic mass is 16.6. The molecule has 0 radical (unpaired) electrons. The van der Waals surface area contributed by atoms with Gasteiger partial charge in [0.25, 0.3) is 0 Å². The van der Waals surface area contributed by atoms with Crippen molar-refractivity contribution in [3.63, 3.8) is 0 Å². The summed E-state index contributed by atoms with van der Waals surface area (Å²) in [6.07, 6.45) is 11.7. The standard InChI is InChI=1S/C30H46O4/c1-25(2)14-16-30(24(32)33)17-15-28(6)19(20(30)18-25)8-9-22-27(5)12-11-23(31)34-26(3,4)21(27)10-13-29(22,28)7/h8,20-22H,9-18H2,1-7H3,(H,32,33). The third-order valence-corrected chi connectivity index (χ3v) is 12.4. The van der Waals surface area contributed by atoms with Gasteiger partial charge in [-0.15, -0.1) is 0 Å². The molecule has 4 heteroatoms. The average molecular weight is 471 g/mol. The van der Waals surface area contributed by atoms with Gasteiger partial charge in [0.05, 0.1) is 5.41 Å². The maximum atomic E-state index is 12.8. The van der Waals surface area contributed by atoms with Crippen LogP contribution in [0, 0.1) is 44.8 Å². The number of ether oxygens (including phenoxy) is 1. The number of aliphatic carboxylic acids is 1. The number of carbonyl (C=O) groups excluding carboxylic acids is 1. The third kappa shape index (κ3) is 3.01. The molecule has 34 heavy (non-hydrogen) atoms. The van der Waals surface area contributed by atoms with E-state index in [1.54, 1.807) is 0 Å². The number of cyclic esters (lactones) is 1. The second-order valence-electron chi connectivity index (χ2n) is 14.8. The molecule has 4 nitrogen and oxygen atoms in total. The van der Waals surface area contributed by atoms with Gasteiger partial charge in [-0.1, -0.05) is 46.3 Å². The van der Waals surface area contributed by atoms with Gasteiger partial charge in [0.1, 0.15) is 5.60 Å². The molecule has 1 aliphatic heterocycles. The molecule has 0 aromatic rings. The van der Waals surface area contributed by atoms with Crippen LogP contribution in [-0.4, -0.2) is 22.6 Å². The van der Waals surface area contributed by atoms with E-state index in [9.17, 15) is 14.7 Å². The molecule has 1 saturated heterocycles. The maximum absolute atomic E-state index is 12.8. The van der Waals surface area contributed by atoms with Gasteiger partial charge in [-0.3, -0.25) is 9.59 Å². The van der Waals surface area contributed by atoms with E-state index < -0.39 is 17.0 Å². The van der Waals surface area contributed by atoms with Crippen LogP contribution in [0.2, 0.25) is 0 Å². The number of hydrogen-bond donors (Lipinski definition) is 1. The van der Waals surface area contributed by atoms with Gasteiger partial charge in [0.15, 0.2) is 0 Å². The number of carbonyl (C=O) groups is 2. The van der Waals surface area contributed by atoms with Crippen LogP contribution in [-0.2, 0) is 14.3 Å². The summed E-state index contributed by atoms with van der Waals surface area (Å²) in [5, 5.41) is 10.5. The van der Waals surface area contributed by atoms with Gasteiger partial charge in [0.2, 0.25) is 0 Å². The van der Waals surface area contributed by atoms with Crippen molar-refractivity contribution in [1.82, 2.24) is 0 Å². The van der Waals surface area contributed by atoms with Crippen LogP contribution in [0.4, 0.5) is 0 Å². The molecular weight excluding hydrogens is 424 g/mol. The molecule has 1 heterocycles. The first-order valence-electron chi connectivity index (χ1n) is 13.8. The van der Waals surface area contributed by atoms with Crippen molar-refractivity contribution in [3.8, 4) is 0 Å². The quantitative estimate of drug-likeness (QED) is 0.326. The Balaban J connectivity index is 1.61. The van der Waals surface area contributed by atoms with Crippen molar-refractivity contribution in [2.75, 3.05) is 0 Å². The Hall–Kier alpha value is -1.32. The van der Waals surface area contributed by atoms with E-state index in [1.165, 1.54) is 5.57 Å². The van der Waals surface area contributed by atoms with Gasteiger partial charge in [-0.05, 0) is 105 Å². The van der Waals surface area contributed by atoms with E-state index in [1.807, 2.05) is 0 Å². The summed E-state index contributed by atoms with van der Waals surface area (Å²) in [4.78, 5) is 25.3. The minimum absolute atomic E-state index is 0.0161. The molecule has 4 fully saturated rings. The first-order valence-corrected chi connectivity index (χ1v) is 13.8. The predicted octanol–water partition coefficient (Wildman–Crippen LogP) is 7.17. The van der Waals surface area contributed by atoms with Crippen LogP contribution in [0.15, 0.2) is 11.6 Å². The fourth-order valence-electron chi connectivity index (χ4n) is 10.3. The summed E-state index contributed by atoms with van der Waals surface area (Å²) in [5.41, 5.74) is 0.798. The number of fused-ring (bicyclic) bond motifs is 7. The molecule has 7 atom stereocenters. The van der Waals surface area contributed by atoms with E-state index in [-0.39, 0.29) is 33.5 Å². The minimum Gasteiger partial charge on any atom is -0.481 e. The van der Waals surface area contributed by atoms with Crippen molar-refractivity contribution in [2.45, 2.75) is 118 Å². The lowest BCUT2D eigenvalue weighted by molar-refractivity contribution is -0.191. The highest BCUT2D eigenvalue weighted by molar-refractivity contribution is 5.76. The van der Waals surface area contributed by atoms with Crippen LogP contribution < -0.4 is 0 Å². The lowest BCUT2D eigenvalue weighted by atomic mass is 9.35. The van der Waals surface area contributed by atoms with Gasteiger partial charge in [0, 0.05) is 12.3 Å². The molecule has 1 N–H and O–H groups in total. The molecular formula is C30H46O4. The molecule has 7 unspecified atom stereocenters. The number of esters is 1. The zero-order valence-electron chi connectivity index (χ0n) is 22.6. The Morgan fingerprint density at radius 1 is 0.941 bits per heavy atom. The van der Waals surface area contributed by atoms with Crippen LogP contribution in [0.3, 0.4) is 0 Å². The first kappa shape index (κ1) is 24.4. The van der Waals surface area contributed by atoms with E-state index in [0.717, 1.165) is 57.8 Å². The molecule has 0 spiro atoms. The Labute approximate surface area is 206 Å². The fourth-order valence-corrected chi connectivity index (χ4v) is 10.3. The number of carboxylic acid groups (broad SMARTS) is 1. The lowest BCUT2D eigenvalue weighted by Gasteiger charge is -2.69. The summed E-state index contributed by atoms with van der Waals surface area (Å²) in [6.45, 7) is 16.4. The Kier molecular flexibility index (Phi) is 5.11. The second kappa shape index (κ2) is 7.13. The smallest absolute Gasteiger partial charge is 0.310 e. The Bertz CT molecular complexity index is 945. The number of hydrogen-bond acceptors (Lipinski definition) is 3. The van der Waals surface area contributed by atoms with E-state index in [2.05, 4.69) is 54.5 Å². The SMILES string of the molecule is CC1(C)CCC2(C(=O)O)CCC3(C)C(=CCC4C5(C)CCC(=O)OC(C)(C)C5CCC43C)C2C1. The van der Waals surface area contributed by atoms with E-state index in [4.69, 9.17) is 4.74 Å². The maximum Gasteiger partial charge on any atom is 0.310 e. The second-order valence-corrected chi connectivity index (χ2v) is 14.8. The summed E-state index contributed by atoms with van der Waals surface area (Å²) < 4.78 is 5.99.